The molecule has 2 unspecified atom stereocenters. The molecule has 2 aromatic carbocycles. The van der Waals surface area contributed by atoms with Gasteiger partial charge in [-0.3, -0.25) is 9.69 Å². The molecule has 1 spiro atoms. The van der Waals surface area contributed by atoms with E-state index in [1.807, 2.05) is 6.07 Å². The molecule has 0 aromatic heterocycles. The lowest BCUT2D eigenvalue weighted by atomic mass is 9.68. The van der Waals surface area contributed by atoms with Crippen molar-refractivity contribution >= 4 is 12.0 Å². The molecule has 0 bridgehead atoms. The topological polar surface area (TPSA) is 32.3 Å². The van der Waals surface area contributed by atoms with E-state index in [0.717, 1.165) is 44.3 Å². The Morgan fingerprint density at radius 2 is 2.03 bits per heavy atom. The third-order valence-corrected chi connectivity index (χ3v) is 8.35. The van der Waals surface area contributed by atoms with Crippen LogP contribution in [0.15, 0.2) is 54.6 Å². The van der Waals surface area contributed by atoms with Gasteiger partial charge in [-0.05, 0) is 67.0 Å². The first-order valence-corrected chi connectivity index (χ1v) is 12.0. The minimum absolute atomic E-state index is 0.0958. The van der Waals surface area contributed by atoms with Crippen molar-refractivity contribution in [1.82, 2.24) is 10.2 Å². The van der Waals surface area contributed by atoms with Crippen LogP contribution in [-0.2, 0) is 16.8 Å². The number of piperidine rings is 1. The van der Waals surface area contributed by atoms with Crippen LogP contribution in [0.2, 0.25) is 0 Å². The van der Waals surface area contributed by atoms with E-state index in [-0.39, 0.29) is 22.6 Å². The van der Waals surface area contributed by atoms with Crippen molar-refractivity contribution in [2.45, 2.75) is 57.5 Å². The predicted molar refractivity (Wildman–Crippen MR) is 127 cm³/mol. The number of nitrogens with one attached hydrogen (secondary N) is 1. The molecule has 2 fully saturated rings. The number of nitrogens with zero attached hydrogens (tertiary/aromatic N) is 1. The maximum absolute atomic E-state index is 13.4. The lowest BCUT2D eigenvalue weighted by molar-refractivity contribution is -0.130. The monoisotopic (exact) mass is 432 g/mol. The fourth-order valence-electron chi connectivity index (χ4n) is 6.32. The predicted octanol–water partition coefficient (Wildman–Crippen LogP) is 5.31. The van der Waals surface area contributed by atoms with Gasteiger partial charge in [0.25, 0.3) is 0 Å². The number of halogens is 1. The van der Waals surface area contributed by atoms with Crippen molar-refractivity contribution in [1.29, 1.82) is 0 Å². The smallest absolute Gasteiger partial charge is 0.226 e. The van der Waals surface area contributed by atoms with Crippen LogP contribution < -0.4 is 5.32 Å². The van der Waals surface area contributed by atoms with Gasteiger partial charge >= 0.3 is 0 Å². The highest BCUT2D eigenvalue weighted by atomic mass is 19.1. The molecule has 4 heteroatoms. The number of fused-ring (bicyclic) bond motifs is 2. The first-order chi connectivity index (χ1) is 15.4. The number of benzene rings is 2. The molecule has 1 heterocycles. The molecule has 2 aromatic rings. The summed E-state index contributed by atoms with van der Waals surface area (Å²) < 4.78 is 13.4. The Kier molecular flexibility index (Phi) is 5.45. The molecule has 2 aliphatic carbocycles. The average molecular weight is 433 g/mol. The molecule has 4 atom stereocenters. The molecule has 168 valence electrons. The second kappa shape index (κ2) is 8.15. The summed E-state index contributed by atoms with van der Waals surface area (Å²) >= 11 is 0. The number of carbonyl (C=O) groups is 1. The van der Waals surface area contributed by atoms with Crippen LogP contribution >= 0.6 is 0 Å². The first kappa shape index (κ1) is 21.4. The van der Waals surface area contributed by atoms with Crippen LogP contribution in [0.5, 0.6) is 0 Å². The maximum Gasteiger partial charge on any atom is 0.226 e. The highest BCUT2D eigenvalue weighted by Gasteiger charge is 2.48. The normalized spacial score (nSPS) is 31.7. The minimum Gasteiger partial charge on any atom is -0.352 e. The highest BCUT2D eigenvalue weighted by Crippen LogP contribution is 2.49. The lowest BCUT2D eigenvalue weighted by Gasteiger charge is -2.46. The van der Waals surface area contributed by atoms with Crippen LogP contribution in [-0.4, -0.2) is 29.9 Å². The van der Waals surface area contributed by atoms with Crippen molar-refractivity contribution in [3.63, 3.8) is 0 Å². The fourth-order valence-corrected chi connectivity index (χ4v) is 6.32. The van der Waals surface area contributed by atoms with E-state index in [1.54, 1.807) is 6.07 Å². The molecule has 3 aliphatic rings. The molecule has 1 saturated heterocycles. The van der Waals surface area contributed by atoms with Crippen molar-refractivity contribution in [2.24, 2.45) is 11.3 Å². The second-order valence-electron chi connectivity index (χ2n) is 10.4. The van der Waals surface area contributed by atoms with Gasteiger partial charge in [-0.25, -0.2) is 4.39 Å². The van der Waals surface area contributed by atoms with Crippen molar-refractivity contribution in [3.05, 3.63) is 77.1 Å². The molecule has 0 radical (unpaired) electrons. The van der Waals surface area contributed by atoms with Crippen molar-refractivity contribution < 1.29 is 9.18 Å². The number of amides is 1. The zero-order chi connectivity index (χ0) is 22.3. The Hall–Kier alpha value is -2.46. The molecule has 1 saturated carbocycles. The fraction of sp³-hybridized carbons (Fsp3) is 0.464. The second-order valence-corrected chi connectivity index (χ2v) is 10.4. The Morgan fingerprint density at radius 3 is 2.84 bits per heavy atom. The van der Waals surface area contributed by atoms with E-state index >= 15 is 0 Å². The van der Waals surface area contributed by atoms with Gasteiger partial charge in [-0.1, -0.05) is 62.4 Å². The number of hydrogen-bond donors (Lipinski definition) is 1. The number of allylic oxidation sites excluding steroid dienone is 1. The summed E-state index contributed by atoms with van der Waals surface area (Å²) in [6.07, 6.45) is 8.76. The van der Waals surface area contributed by atoms with E-state index in [0.29, 0.717) is 18.5 Å². The van der Waals surface area contributed by atoms with Gasteiger partial charge in [-0.2, -0.15) is 0 Å². The van der Waals surface area contributed by atoms with Gasteiger partial charge in [0, 0.05) is 30.0 Å². The minimum atomic E-state index is -0.351. The van der Waals surface area contributed by atoms with E-state index in [2.05, 4.69) is 60.5 Å². The molecule has 1 aliphatic heterocycles. The standard InChI is InChI=1S/C28H33FN2O/c1-20-19-31(15-14-28(20)13-10-22-7-3-4-9-25(22)28)24-11-12-27(2,17-24)26(32)30-18-21-6-5-8-23(29)16-21/h3-10,13,16,20,24H,11-12,14-15,17-19H2,1-2H3,(H,30,32)/t20-,24?,27?,28-/m0/s1. The van der Waals surface area contributed by atoms with E-state index in [4.69, 9.17) is 0 Å². The summed E-state index contributed by atoms with van der Waals surface area (Å²) in [5, 5.41) is 3.06. The zero-order valence-electron chi connectivity index (χ0n) is 19.1. The molecular weight excluding hydrogens is 399 g/mol. The van der Waals surface area contributed by atoms with Gasteiger partial charge in [0.2, 0.25) is 5.91 Å². The largest absolute Gasteiger partial charge is 0.352 e. The molecule has 32 heavy (non-hydrogen) atoms. The number of carbonyl (C=O) groups excluding carboxylic acids is 1. The summed E-state index contributed by atoms with van der Waals surface area (Å²) in [4.78, 5) is 15.7. The SMILES string of the molecule is C[C@H]1CN(C2CCC(C)(C(=O)NCc3cccc(F)c3)C2)CC[C@@]12C=Cc1ccccc12. The van der Waals surface area contributed by atoms with Gasteiger partial charge in [0.05, 0.1) is 0 Å². The number of likely N-dealkylation sites (tertiary alicyclic amines) is 1. The lowest BCUT2D eigenvalue weighted by Crippen LogP contribution is -2.50. The zero-order valence-corrected chi connectivity index (χ0v) is 19.1. The van der Waals surface area contributed by atoms with Crippen LogP contribution in [0.3, 0.4) is 0 Å². The molecular formula is C28H33FN2O. The maximum atomic E-state index is 13.4. The highest BCUT2D eigenvalue weighted by molar-refractivity contribution is 5.82. The Morgan fingerprint density at radius 1 is 1.19 bits per heavy atom. The number of hydrogen-bond acceptors (Lipinski definition) is 2. The van der Waals surface area contributed by atoms with Crippen LogP contribution in [0.4, 0.5) is 4.39 Å². The van der Waals surface area contributed by atoms with E-state index in [1.165, 1.54) is 23.3 Å². The molecule has 3 nitrogen and oxygen atoms in total. The van der Waals surface area contributed by atoms with Gasteiger partial charge < -0.3 is 5.32 Å². The summed E-state index contributed by atoms with van der Waals surface area (Å²) in [7, 11) is 0. The van der Waals surface area contributed by atoms with E-state index in [9.17, 15) is 9.18 Å². The van der Waals surface area contributed by atoms with Crippen molar-refractivity contribution in [2.75, 3.05) is 13.1 Å². The van der Waals surface area contributed by atoms with Crippen LogP contribution in [0, 0.1) is 17.2 Å². The summed E-state index contributed by atoms with van der Waals surface area (Å²) in [5.74, 6) is 0.379. The quantitative estimate of drug-likeness (QED) is 0.710. The third-order valence-electron chi connectivity index (χ3n) is 8.35. The molecule has 1 N–H and O–H groups in total. The van der Waals surface area contributed by atoms with Crippen LogP contribution in [0.1, 0.15) is 56.2 Å². The van der Waals surface area contributed by atoms with Gasteiger partial charge in [0.15, 0.2) is 0 Å². The Labute approximate surface area is 190 Å². The third kappa shape index (κ3) is 3.69. The number of rotatable bonds is 4. The summed E-state index contributed by atoms with van der Waals surface area (Å²) in [6, 6.07) is 15.7. The summed E-state index contributed by atoms with van der Waals surface area (Å²) in [6.45, 7) is 7.02. The Bertz CT molecular complexity index is 1050. The van der Waals surface area contributed by atoms with E-state index < -0.39 is 0 Å². The van der Waals surface area contributed by atoms with Crippen LogP contribution in [0.25, 0.3) is 6.08 Å². The average Bonchev–Trinajstić information content (AvgIpc) is 3.37. The summed E-state index contributed by atoms with van der Waals surface area (Å²) in [5.41, 5.74) is 3.47. The molecule has 5 rings (SSSR count). The van der Waals surface area contributed by atoms with Gasteiger partial charge in [-0.15, -0.1) is 0 Å². The molecule has 1 amide bonds. The van der Waals surface area contributed by atoms with Gasteiger partial charge in [0.1, 0.15) is 5.82 Å². The Balaban J connectivity index is 1.21. The first-order valence-electron chi connectivity index (χ1n) is 12.0. The van der Waals surface area contributed by atoms with Crippen molar-refractivity contribution in [3.8, 4) is 0 Å².